The van der Waals surface area contributed by atoms with Crippen molar-refractivity contribution in [1.82, 2.24) is 10.2 Å². The average molecular weight is 381 g/mol. The van der Waals surface area contributed by atoms with Crippen molar-refractivity contribution < 1.29 is 14.2 Å². The van der Waals surface area contributed by atoms with Crippen LogP contribution in [0.4, 0.5) is 0 Å². The summed E-state index contributed by atoms with van der Waals surface area (Å²) in [6.07, 6.45) is 2.33. The molecule has 1 N–H and O–H groups in total. The monoisotopic (exact) mass is 381 g/mol. The molecule has 0 radical (unpaired) electrons. The molecule has 148 valence electrons. The molecule has 0 aromatic heterocycles. The Bertz CT molecular complexity index is 860. The standard InChI is InChI=1S/C22H27N3O3/c1-23-21(25(2)13-16-4-7-18(26-3)8-5-16)24-14-22(10-11-22)17-6-9-19-20(12-17)28-15-27-19/h4-9,12H,10-11,13-15H2,1-3H3,(H,23,24). The highest BCUT2D eigenvalue weighted by Gasteiger charge is 2.45. The molecule has 1 fully saturated rings. The van der Waals surface area contributed by atoms with Gasteiger partial charge in [-0.25, -0.2) is 0 Å². The third-order valence-corrected chi connectivity index (χ3v) is 5.58. The fourth-order valence-electron chi connectivity index (χ4n) is 3.66. The second-order valence-electron chi connectivity index (χ2n) is 7.45. The predicted molar refractivity (Wildman–Crippen MR) is 109 cm³/mol. The highest BCUT2D eigenvalue weighted by Crippen LogP contribution is 2.49. The molecule has 28 heavy (non-hydrogen) atoms. The van der Waals surface area contributed by atoms with E-state index < -0.39 is 0 Å². The zero-order chi connectivity index (χ0) is 19.6. The number of rotatable bonds is 6. The molecule has 1 saturated carbocycles. The van der Waals surface area contributed by atoms with Gasteiger partial charge in [-0.05, 0) is 48.2 Å². The van der Waals surface area contributed by atoms with Crippen molar-refractivity contribution in [2.45, 2.75) is 24.8 Å². The molecular formula is C22H27N3O3. The highest BCUT2D eigenvalue weighted by molar-refractivity contribution is 5.79. The molecule has 0 atom stereocenters. The Morgan fingerprint density at radius 2 is 1.89 bits per heavy atom. The minimum absolute atomic E-state index is 0.151. The van der Waals surface area contributed by atoms with E-state index in [0.717, 1.165) is 36.3 Å². The molecule has 4 rings (SSSR count). The Hall–Kier alpha value is -2.89. The van der Waals surface area contributed by atoms with Gasteiger partial charge in [0.25, 0.3) is 0 Å². The van der Waals surface area contributed by atoms with Crippen LogP contribution in [0.2, 0.25) is 0 Å². The maximum Gasteiger partial charge on any atom is 0.231 e. The molecule has 2 aromatic carbocycles. The Morgan fingerprint density at radius 1 is 1.14 bits per heavy atom. The molecular weight excluding hydrogens is 354 g/mol. The van der Waals surface area contributed by atoms with E-state index in [2.05, 4.69) is 46.5 Å². The number of nitrogens with one attached hydrogen (secondary N) is 1. The lowest BCUT2D eigenvalue weighted by Crippen LogP contribution is -2.42. The molecule has 1 aliphatic heterocycles. The molecule has 2 aromatic rings. The first-order valence-corrected chi connectivity index (χ1v) is 9.58. The van der Waals surface area contributed by atoms with E-state index in [1.807, 2.05) is 25.2 Å². The van der Waals surface area contributed by atoms with Crippen LogP contribution < -0.4 is 19.5 Å². The summed E-state index contributed by atoms with van der Waals surface area (Å²) in [6, 6.07) is 14.4. The number of nitrogens with zero attached hydrogens (tertiary/aromatic N) is 2. The van der Waals surface area contributed by atoms with E-state index in [4.69, 9.17) is 14.2 Å². The van der Waals surface area contributed by atoms with Crippen LogP contribution in [0.25, 0.3) is 0 Å². The van der Waals surface area contributed by atoms with E-state index in [1.54, 1.807) is 7.11 Å². The lowest BCUT2D eigenvalue weighted by atomic mass is 9.95. The zero-order valence-electron chi connectivity index (χ0n) is 16.7. The summed E-state index contributed by atoms with van der Waals surface area (Å²) in [4.78, 5) is 6.60. The SMILES string of the molecule is CN=C(NCC1(c2ccc3c(c2)OCO3)CC1)N(C)Cc1ccc(OC)cc1. The maximum absolute atomic E-state index is 5.55. The van der Waals surface area contributed by atoms with Crippen LogP contribution in [0.1, 0.15) is 24.0 Å². The lowest BCUT2D eigenvalue weighted by Gasteiger charge is -2.25. The Kier molecular flexibility index (Phi) is 5.03. The van der Waals surface area contributed by atoms with Crippen molar-refractivity contribution in [2.24, 2.45) is 4.99 Å². The summed E-state index contributed by atoms with van der Waals surface area (Å²) in [5.41, 5.74) is 2.67. The largest absolute Gasteiger partial charge is 0.497 e. The van der Waals surface area contributed by atoms with E-state index in [1.165, 1.54) is 24.0 Å². The van der Waals surface area contributed by atoms with Crippen molar-refractivity contribution >= 4 is 5.96 Å². The van der Waals surface area contributed by atoms with Gasteiger partial charge in [-0.1, -0.05) is 18.2 Å². The molecule has 2 aliphatic rings. The lowest BCUT2D eigenvalue weighted by molar-refractivity contribution is 0.174. The van der Waals surface area contributed by atoms with Crippen molar-refractivity contribution in [2.75, 3.05) is 34.5 Å². The van der Waals surface area contributed by atoms with Gasteiger partial charge in [-0.15, -0.1) is 0 Å². The van der Waals surface area contributed by atoms with Crippen LogP contribution in [-0.2, 0) is 12.0 Å². The number of ether oxygens (including phenoxy) is 3. The molecule has 6 heteroatoms. The van der Waals surface area contributed by atoms with E-state index in [9.17, 15) is 0 Å². The second kappa shape index (κ2) is 7.62. The number of aliphatic imine (C=N–C) groups is 1. The molecule has 1 aliphatic carbocycles. The van der Waals surface area contributed by atoms with Gasteiger partial charge in [0.2, 0.25) is 6.79 Å². The summed E-state index contributed by atoms with van der Waals surface area (Å²) < 4.78 is 16.2. The number of fused-ring (bicyclic) bond motifs is 1. The quantitative estimate of drug-likeness (QED) is 0.615. The molecule has 0 spiro atoms. The van der Waals surface area contributed by atoms with Gasteiger partial charge in [0.15, 0.2) is 17.5 Å². The Labute approximate surface area is 166 Å². The summed E-state index contributed by atoms with van der Waals surface area (Å²) in [5, 5.41) is 3.56. The van der Waals surface area contributed by atoms with Crippen molar-refractivity contribution in [3.8, 4) is 17.2 Å². The van der Waals surface area contributed by atoms with E-state index in [0.29, 0.717) is 6.79 Å². The van der Waals surface area contributed by atoms with Gasteiger partial charge in [0, 0.05) is 32.6 Å². The summed E-state index contributed by atoms with van der Waals surface area (Å²) >= 11 is 0. The number of hydrogen-bond acceptors (Lipinski definition) is 4. The number of guanidine groups is 1. The van der Waals surface area contributed by atoms with Crippen molar-refractivity contribution in [1.29, 1.82) is 0 Å². The van der Waals surface area contributed by atoms with E-state index >= 15 is 0 Å². The van der Waals surface area contributed by atoms with E-state index in [-0.39, 0.29) is 5.41 Å². The topological polar surface area (TPSA) is 55.3 Å². The van der Waals surface area contributed by atoms with Gasteiger partial charge in [0.1, 0.15) is 5.75 Å². The maximum atomic E-state index is 5.55. The fraction of sp³-hybridized carbons (Fsp3) is 0.409. The number of benzene rings is 2. The predicted octanol–water partition coefficient (Wildman–Crippen LogP) is 3.16. The van der Waals surface area contributed by atoms with Crippen molar-refractivity contribution in [3.63, 3.8) is 0 Å². The first-order valence-electron chi connectivity index (χ1n) is 9.58. The summed E-state index contributed by atoms with van der Waals surface area (Å²) in [5.74, 6) is 3.45. The van der Waals surface area contributed by atoms with Crippen molar-refractivity contribution in [3.05, 3.63) is 53.6 Å². The Balaban J connectivity index is 1.38. The van der Waals surface area contributed by atoms with Crippen LogP contribution in [0.15, 0.2) is 47.5 Å². The zero-order valence-corrected chi connectivity index (χ0v) is 16.7. The minimum Gasteiger partial charge on any atom is -0.497 e. The van der Waals surface area contributed by atoms with Gasteiger partial charge >= 0.3 is 0 Å². The minimum atomic E-state index is 0.151. The van der Waals surface area contributed by atoms with Crippen LogP contribution in [0, 0.1) is 0 Å². The van der Waals surface area contributed by atoms with Gasteiger partial charge in [0.05, 0.1) is 7.11 Å². The molecule has 0 bridgehead atoms. The second-order valence-corrected chi connectivity index (χ2v) is 7.45. The van der Waals surface area contributed by atoms with Gasteiger partial charge < -0.3 is 24.4 Å². The number of methoxy groups -OCH3 is 1. The number of hydrogen-bond donors (Lipinski definition) is 1. The average Bonchev–Trinajstić information content (AvgIpc) is 3.36. The molecule has 1 heterocycles. The first kappa shape index (κ1) is 18.5. The van der Waals surface area contributed by atoms with Gasteiger partial charge in [-0.3, -0.25) is 4.99 Å². The molecule has 0 saturated heterocycles. The fourth-order valence-corrected chi connectivity index (χ4v) is 3.66. The summed E-state index contributed by atoms with van der Waals surface area (Å²) in [7, 11) is 5.56. The highest BCUT2D eigenvalue weighted by atomic mass is 16.7. The molecule has 0 unspecified atom stereocenters. The van der Waals surface area contributed by atoms with Crippen LogP contribution in [0.3, 0.4) is 0 Å². The third kappa shape index (κ3) is 3.72. The molecule has 0 amide bonds. The van der Waals surface area contributed by atoms with Gasteiger partial charge in [-0.2, -0.15) is 0 Å². The Morgan fingerprint density at radius 3 is 2.57 bits per heavy atom. The molecule has 6 nitrogen and oxygen atoms in total. The first-order chi connectivity index (χ1) is 13.6. The normalized spacial score (nSPS) is 16.6. The van der Waals surface area contributed by atoms with Crippen LogP contribution in [-0.4, -0.2) is 45.4 Å². The third-order valence-electron chi connectivity index (χ3n) is 5.58. The van der Waals surface area contributed by atoms with Crippen LogP contribution in [0.5, 0.6) is 17.2 Å². The summed E-state index contributed by atoms with van der Waals surface area (Å²) in [6.45, 7) is 1.94. The van der Waals surface area contributed by atoms with Crippen LogP contribution >= 0.6 is 0 Å². The smallest absolute Gasteiger partial charge is 0.231 e.